The van der Waals surface area contributed by atoms with Crippen molar-refractivity contribution in [2.45, 2.75) is 13.0 Å². The summed E-state index contributed by atoms with van der Waals surface area (Å²) >= 11 is 0. The van der Waals surface area contributed by atoms with E-state index in [4.69, 9.17) is 10.6 Å². The molecule has 0 fully saturated rings. The average Bonchev–Trinajstić information content (AvgIpc) is 2.42. The van der Waals surface area contributed by atoms with Gasteiger partial charge in [0.2, 0.25) is 0 Å². The molecule has 0 aliphatic heterocycles. The number of halogens is 1. The summed E-state index contributed by atoms with van der Waals surface area (Å²) in [5.41, 5.74) is 4.36. The Labute approximate surface area is 112 Å². The number of hydrogen-bond donors (Lipinski definition) is 2. The topological polar surface area (TPSA) is 47.3 Å². The molecule has 0 heterocycles. The fourth-order valence-electron chi connectivity index (χ4n) is 2.06. The Balaban J connectivity index is 2.42. The maximum Gasteiger partial charge on any atom is 0.124 e. The van der Waals surface area contributed by atoms with Crippen molar-refractivity contribution in [2.75, 3.05) is 6.61 Å². The van der Waals surface area contributed by atoms with Gasteiger partial charge in [0.25, 0.3) is 0 Å². The molecular formula is C15H17FN2O. The normalized spacial score (nSPS) is 12.2. The lowest BCUT2D eigenvalue weighted by Crippen LogP contribution is -2.29. The van der Waals surface area contributed by atoms with Crippen molar-refractivity contribution in [3.63, 3.8) is 0 Å². The third-order valence-corrected chi connectivity index (χ3v) is 2.88. The van der Waals surface area contributed by atoms with Crippen LogP contribution in [-0.2, 0) is 0 Å². The molecule has 4 heteroatoms. The molecule has 0 bridgehead atoms. The van der Waals surface area contributed by atoms with E-state index in [9.17, 15) is 4.39 Å². The highest BCUT2D eigenvalue weighted by Crippen LogP contribution is 2.29. The van der Waals surface area contributed by atoms with Crippen LogP contribution in [0.4, 0.5) is 4.39 Å². The molecule has 2 aromatic carbocycles. The van der Waals surface area contributed by atoms with Crippen LogP contribution in [0.3, 0.4) is 0 Å². The van der Waals surface area contributed by atoms with Crippen molar-refractivity contribution in [1.29, 1.82) is 0 Å². The highest BCUT2D eigenvalue weighted by molar-refractivity contribution is 5.41. The predicted octanol–water partition coefficient (Wildman–Crippen LogP) is 2.78. The second-order valence-corrected chi connectivity index (χ2v) is 4.13. The van der Waals surface area contributed by atoms with Gasteiger partial charge in [-0.3, -0.25) is 5.84 Å². The maximum absolute atomic E-state index is 13.3. The van der Waals surface area contributed by atoms with Gasteiger partial charge in [0.05, 0.1) is 12.6 Å². The van der Waals surface area contributed by atoms with E-state index >= 15 is 0 Å². The molecule has 1 unspecified atom stereocenters. The summed E-state index contributed by atoms with van der Waals surface area (Å²) in [6.07, 6.45) is 0. The minimum absolute atomic E-state index is 0.286. The van der Waals surface area contributed by atoms with E-state index in [-0.39, 0.29) is 11.9 Å². The van der Waals surface area contributed by atoms with Crippen LogP contribution in [0.25, 0.3) is 0 Å². The molecule has 0 aliphatic carbocycles. The molecule has 2 aromatic rings. The first-order chi connectivity index (χ1) is 9.26. The largest absolute Gasteiger partial charge is 0.494 e. The van der Waals surface area contributed by atoms with Gasteiger partial charge in [0.15, 0.2) is 0 Å². The summed E-state index contributed by atoms with van der Waals surface area (Å²) in [4.78, 5) is 0. The minimum Gasteiger partial charge on any atom is -0.494 e. The summed E-state index contributed by atoms with van der Waals surface area (Å²) in [6.45, 7) is 2.49. The number of nitrogens with one attached hydrogen (secondary N) is 1. The van der Waals surface area contributed by atoms with Crippen molar-refractivity contribution in [3.05, 3.63) is 65.5 Å². The number of nitrogens with two attached hydrogens (primary N) is 1. The van der Waals surface area contributed by atoms with Crippen LogP contribution in [0.5, 0.6) is 5.75 Å². The molecule has 0 saturated carbocycles. The van der Waals surface area contributed by atoms with Crippen molar-refractivity contribution in [3.8, 4) is 5.75 Å². The monoisotopic (exact) mass is 260 g/mol. The smallest absolute Gasteiger partial charge is 0.124 e. The van der Waals surface area contributed by atoms with Gasteiger partial charge in [-0.25, -0.2) is 9.82 Å². The Bertz CT molecular complexity index is 545. The first-order valence-corrected chi connectivity index (χ1v) is 6.19. The zero-order valence-electron chi connectivity index (χ0n) is 10.8. The second kappa shape index (κ2) is 6.31. The van der Waals surface area contributed by atoms with Crippen LogP contribution in [0.15, 0.2) is 48.5 Å². The number of hydrogen-bond acceptors (Lipinski definition) is 3. The van der Waals surface area contributed by atoms with Gasteiger partial charge in [0.1, 0.15) is 11.6 Å². The first-order valence-electron chi connectivity index (χ1n) is 6.19. The van der Waals surface area contributed by atoms with Crippen LogP contribution in [0.1, 0.15) is 24.1 Å². The first kappa shape index (κ1) is 13.5. The Hall–Kier alpha value is -1.91. The number of hydrazine groups is 1. The number of ether oxygens (including phenoxy) is 1. The van der Waals surface area contributed by atoms with Gasteiger partial charge in [-0.05, 0) is 30.7 Å². The van der Waals surface area contributed by atoms with Crippen LogP contribution in [0.2, 0.25) is 0 Å². The van der Waals surface area contributed by atoms with Gasteiger partial charge < -0.3 is 4.74 Å². The molecule has 1 atom stereocenters. The van der Waals surface area contributed by atoms with E-state index in [1.54, 1.807) is 6.07 Å². The zero-order chi connectivity index (χ0) is 13.7. The SMILES string of the molecule is CCOc1ccccc1C(NN)c1cccc(F)c1. The lowest BCUT2D eigenvalue weighted by molar-refractivity contribution is 0.333. The van der Waals surface area contributed by atoms with Gasteiger partial charge in [-0.2, -0.15) is 0 Å². The van der Waals surface area contributed by atoms with Gasteiger partial charge in [0, 0.05) is 5.56 Å². The second-order valence-electron chi connectivity index (χ2n) is 4.13. The van der Waals surface area contributed by atoms with E-state index in [0.29, 0.717) is 6.61 Å². The van der Waals surface area contributed by atoms with Crippen LogP contribution in [0, 0.1) is 5.82 Å². The maximum atomic E-state index is 13.3. The number of rotatable bonds is 5. The molecular weight excluding hydrogens is 243 g/mol. The fraction of sp³-hybridized carbons (Fsp3) is 0.200. The Kier molecular flexibility index (Phi) is 4.49. The van der Waals surface area contributed by atoms with Gasteiger partial charge in [-0.15, -0.1) is 0 Å². The van der Waals surface area contributed by atoms with Crippen molar-refractivity contribution in [2.24, 2.45) is 5.84 Å². The third kappa shape index (κ3) is 3.10. The minimum atomic E-state index is -0.307. The van der Waals surface area contributed by atoms with Crippen molar-refractivity contribution in [1.82, 2.24) is 5.43 Å². The van der Waals surface area contributed by atoms with Gasteiger partial charge >= 0.3 is 0 Å². The van der Waals surface area contributed by atoms with E-state index < -0.39 is 0 Å². The van der Waals surface area contributed by atoms with Crippen LogP contribution in [-0.4, -0.2) is 6.61 Å². The fourth-order valence-corrected chi connectivity index (χ4v) is 2.06. The summed E-state index contributed by atoms with van der Waals surface area (Å²) in [5.74, 6) is 6.09. The molecule has 100 valence electrons. The Morgan fingerprint density at radius 1 is 1.21 bits per heavy atom. The lowest BCUT2D eigenvalue weighted by Gasteiger charge is -2.20. The Morgan fingerprint density at radius 3 is 2.68 bits per heavy atom. The number of benzene rings is 2. The summed E-state index contributed by atoms with van der Waals surface area (Å²) in [7, 11) is 0. The molecule has 19 heavy (non-hydrogen) atoms. The molecule has 0 radical (unpaired) electrons. The quantitative estimate of drug-likeness (QED) is 0.642. The number of para-hydroxylation sites is 1. The highest BCUT2D eigenvalue weighted by Gasteiger charge is 2.17. The van der Waals surface area contributed by atoms with Crippen LogP contribution >= 0.6 is 0 Å². The Morgan fingerprint density at radius 2 is 2.00 bits per heavy atom. The molecule has 0 aromatic heterocycles. The standard InChI is InChI=1S/C15H17FN2O/c1-2-19-14-9-4-3-8-13(14)15(18-17)11-6-5-7-12(16)10-11/h3-10,15,18H,2,17H2,1H3. The molecule has 0 aliphatic rings. The van der Waals surface area contributed by atoms with E-state index in [2.05, 4.69) is 5.43 Å². The molecule has 0 spiro atoms. The highest BCUT2D eigenvalue weighted by atomic mass is 19.1. The molecule has 0 amide bonds. The summed E-state index contributed by atoms with van der Waals surface area (Å²) < 4.78 is 18.9. The molecule has 2 rings (SSSR count). The third-order valence-electron chi connectivity index (χ3n) is 2.88. The molecule has 3 N–H and O–H groups in total. The van der Waals surface area contributed by atoms with Crippen molar-refractivity contribution < 1.29 is 9.13 Å². The van der Waals surface area contributed by atoms with Crippen LogP contribution < -0.4 is 16.0 Å². The zero-order valence-corrected chi connectivity index (χ0v) is 10.8. The van der Waals surface area contributed by atoms with E-state index in [1.165, 1.54) is 12.1 Å². The molecule has 3 nitrogen and oxygen atoms in total. The van der Waals surface area contributed by atoms with Gasteiger partial charge in [-0.1, -0.05) is 30.3 Å². The lowest BCUT2D eigenvalue weighted by atomic mass is 9.98. The summed E-state index contributed by atoms with van der Waals surface area (Å²) in [6, 6.07) is 13.7. The van der Waals surface area contributed by atoms with E-state index in [1.807, 2.05) is 37.3 Å². The van der Waals surface area contributed by atoms with E-state index in [0.717, 1.165) is 16.9 Å². The summed E-state index contributed by atoms with van der Waals surface area (Å²) in [5, 5.41) is 0. The molecule has 0 saturated heterocycles. The predicted molar refractivity (Wildman–Crippen MR) is 73.2 cm³/mol. The average molecular weight is 260 g/mol. The van der Waals surface area contributed by atoms with Crippen molar-refractivity contribution >= 4 is 0 Å².